The minimum Gasteiger partial charge on any atom is -0.407 e. The largest absolute Gasteiger partial charge is 0.419 e. The molecule has 10 heteroatoms. The van der Waals surface area contributed by atoms with Gasteiger partial charge in [0.2, 0.25) is 11.8 Å². The summed E-state index contributed by atoms with van der Waals surface area (Å²) in [7, 11) is 0. The highest BCUT2D eigenvalue weighted by Crippen LogP contribution is 2.22. The molecule has 0 radical (unpaired) electrons. The van der Waals surface area contributed by atoms with Gasteiger partial charge < -0.3 is 14.6 Å². The van der Waals surface area contributed by atoms with E-state index >= 15 is 0 Å². The van der Waals surface area contributed by atoms with E-state index in [4.69, 9.17) is 4.42 Å². The number of fused-ring (bicyclic) bond motifs is 1. The molecule has 2 amide bonds. The van der Waals surface area contributed by atoms with Crippen molar-refractivity contribution < 1.29 is 18.9 Å². The van der Waals surface area contributed by atoms with E-state index in [2.05, 4.69) is 5.32 Å². The first-order valence-corrected chi connectivity index (χ1v) is 10.8. The first-order valence-electron chi connectivity index (χ1n) is 10.8. The fourth-order valence-corrected chi connectivity index (χ4v) is 4.11. The van der Waals surface area contributed by atoms with Crippen molar-refractivity contribution in [3.63, 3.8) is 0 Å². The molecule has 1 N–H and O–H groups in total. The van der Waals surface area contributed by atoms with Gasteiger partial charge in [-0.05, 0) is 37.5 Å². The molecule has 1 aliphatic rings. The Morgan fingerprint density at radius 1 is 1.18 bits per heavy atom. The number of para-hydroxylation sites is 1. The standard InChI is InChI=1S/C23H24N4O6/c28-21(25-12-4-6-16(15-25)22(29)24-17-7-2-1-3-8-17)9-5-13-26-19-11-10-18(27(31)32)14-20(19)33-23(26)30/h1-3,7-8,10-11,14,16H,4-6,9,12-13,15H2,(H,24,29). The molecule has 1 aliphatic heterocycles. The molecule has 1 unspecified atom stereocenters. The van der Waals surface area contributed by atoms with E-state index in [0.29, 0.717) is 25.0 Å². The van der Waals surface area contributed by atoms with Gasteiger partial charge in [-0.25, -0.2) is 4.79 Å². The van der Waals surface area contributed by atoms with Crippen LogP contribution in [-0.2, 0) is 16.1 Å². The van der Waals surface area contributed by atoms with Crippen molar-refractivity contribution in [2.24, 2.45) is 5.92 Å². The lowest BCUT2D eigenvalue weighted by Gasteiger charge is -2.32. The number of amides is 2. The number of nitrogens with zero attached hydrogens (tertiary/aromatic N) is 3. The number of rotatable bonds is 7. The smallest absolute Gasteiger partial charge is 0.407 e. The Labute approximate surface area is 188 Å². The number of aromatic nitrogens is 1. The maximum absolute atomic E-state index is 12.7. The highest BCUT2D eigenvalue weighted by Gasteiger charge is 2.28. The summed E-state index contributed by atoms with van der Waals surface area (Å²) < 4.78 is 6.49. The van der Waals surface area contributed by atoms with Crippen LogP contribution in [0.5, 0.6) is 0 Å². The number of carbonyl (C=O) groups is 2. The fourth-order valence-electron chi connectivity index (χ4n) is 4.11. The summed E-state index contributed by atoms with van der Waals surface area (Å²) in [6, 6.07) is 13.2. The zero-order valence-corrected chi connectivity index (χ0v) is 17.9. The number of nitro groups is 1. The molecule has 0 aliphatic carbocycles. The SMILES string of the molecule is O=C(Nc1ccccc1)C1CCCN(C(=O)CCCn2c(=O)oc3cc([N+](=O)[O-])ccc32)C1. The summed E-state index contributed by atoms with van der Waals surface area (Å²) in [4.78, 5) is 49.5. The predicted octanol–water partition coefficient (Wildman–Crippen LogP) is 3.16. The van der Waals surface area contributed by atoms with Gasteiger partial charge in [0, 0.05) is 37.8 Å². The minimum absolute atomic E-state index is 0.0660. The molecule has 0 saturated carbocycles. The van der Waals surface area contributed by atoms with E-state index in [9.17, 15) is 24.5 Å². The number of likely N-dealkylation sites (tertiary alicyclic amines) is 1. The average Bonchev–Trinajstić information content (AvgIpc) is 3.14. The van der Waals surface area contributed by atoms with Crippen LogP contribution in [0.15, 0.2) is 57.7 Å². The quantitative estimate of drug-likeness (QED) is 0.433. The summed E-state index contributed by atoms with van der Waals surface area (Å²) in [5, 5.41) is 13.8. The van der Waals surface area contributed by atoms with Gasteiger partial charge in [-0.1, -0.05) is 18.2 Å². The van der Waals surface area contributed by atoms with Gasteiger partial charge in [0.25, 0.3) is 5.69 Å². The molecule has 172 valence electrons. The Morgan fingerprint density at radius 2 is 1.97 bits per heavy atom. The monoisotopic (exact) mass is 452 g/mol. The molecule has 10 nitrogen and oxygen atoms in total. The third-order valence-corrected chi connectivity index (χ3v) is 5.82. The van der Waals surface area contributed by atoms with Crippen molar-refractivity contribution in [3.05, 3.63) is 69.2 Å². The topological polar surface area (TPSA) is 128 Å². The molecule has 2 aromatic carbocycles. The van der Waals surface area contributed by atoms with E-state index < -0.39 is 10.7 Å². The van der Waals surface area contributed by atoms with Gasteiger partial charge >= 0.3 is 5.76 Å². The summed E-state index contributed by atoms with van der Waals surface area (Å²) in [6.45, 7) is 1.23. The Balaban J connectivity index is 1.32. The van der Waals surface area contributed by atoms with Crippen LogP contribution in [0.1, 0.15) is 25.7 Å². The van der Waals surface area contributed by atoms with E-state index in [-0.39, 0.29) is 42.0 Å². The van der Waals surface area contributed by atoms with Crippen molar-refractivity contribution in [1.82, 2.24) is 9.47 Å². The maximum atomic E-state index is 12.7. The van der Waals surface area contributed by atoms with Crippen LogP contribution >= 0.6 is 0 Å². The third-order valence-electron chi connectivity index (χ3n) is 5.82. The van der Waals surface area contributed by atoms with Crippen LogP contribution in [0.3, 0.4) is 0 Å². The van der Waals surface area contributed by atoms with Gasteiger partial charge in [-0.15, -0.1) is 0 Å². The van der Waals surface area contributed by atoms with Crippen molar-refractivity contribution in [2.45, 2.75) is 32.2 Å². The van der Waals surface area contributed by atoms with Crippen molar-refractivity contribution in [1.29, 1.82) is 0 Å². The van der Waals surface area contributed by atoms with Crippen LogP contribution in [-0.4, -0.2) is 39.3 Å². The van der Waals surface area contributed by atoms with Crippen LogP contribution in [0.25, 0.3) is 11.1 Å². The Bertz CT molecular complexity index is 1230. The van der Waals surface area contributed by atoms with Gasteiger partial charge in [0.1, 0.15) is 0 Å². The average molecular weight is 452 g/mol. The lowest BCUT2D eigenvalue weighted by Crippen LogP contribution is -2.43. The number of aryl methyl sites for hydroxylation is 1. The lowest BCUT2D eigenvalue weighted by atomic mass is 9.96. The maximum Gasteiger partial charge on any atom is 0.419 e. The summed E-state index contributed by atoms with van der Waals surface area (Å²) >= 11 is 0. The molecule has 1 saturated heterocycles. The molecule has 33 heavy (non-hydrogen) atoms. The minimum atomic E-state index is -0.617. The molecule has 0 spiro atoms. The van der Waals surface area contributed by atoms with Crippen LogP contribution in [0, 0.1) is 16.0 Å². The predicted molar refractivity (Wildman–Crippen MR) is 121 cm³/mol. The Hall–Kier alpha value is -3.95. The number of hydrogen-bond acceptors (Lipinski definition) is 6. The molecule has 2 heterocycles. The van der Waals surface area contributed by atoms with E-state index in [0.717, 1.165) is 18.5 Å². The summed E-state index contributed by atoms with van der Waals surface area (Å²) in [5.74, 6) is -1.04. The van der Waals surface area contributed by atoms with Gasteiger partial charge in [-0.2, -0.15) is 0 Å². The zero-order valence-electron chi connectivity index (χ0n) is 17.9. The number of anilines is 1. The third kappa shape index (κ3) is 5.11. The van der Waals surface area contributed by atoms with E-state index in [1.807, 2.05) is 30.3 Å². The number of piperidine rings is 1. The summed E-state index contributed by atoms with van der Waals surface area (Å²) in [5.41, 5.74) is 1.17. The lowest BCUT2D eigenvalue weighted by molar-refractivity contribution is -0.384. The Morgan fingerprint density at radius 3 is 2.73 bits per heavy atom. The molecular formula is C23H24N4O6. The molecule has 3 aromatic rings. The number of nitrogens with one attached hydrogen (secondary N) is 1. The van der Waals surface area contributed by atoms with Gasteiger partial charge in [0.05, 0.1) is 22.4 Å². The van der Waals surface area contributed by atoms with Crippen LogP contribution < -0.4 is 11.1 Å². The van der Waals surface area contributed by atoms with Gasteiger partial charge in [-0.3, -0.25) is 24.3 Å². The molecule has 1 aromatic heterocycles. The number of carbonyl (C=O) groups excluding carboxylic acids is 2. The number of benzene rings is 2. The molecule has 1 fully saturated rings. The second-order valence-corrected chi connectivity index (χ2v) is 8.07. The highest BCUT2D eigenvalue weighted by atomic mass is 16.6. The molecule has 1 atom stereocenters. The highest BCUT2D eigenvalue weighted by molar-refractivity contribution is 5.93. The molecule has 0 bridgehead atoms. The zero-order chi connectivity index (χ0) is 23.4. The molecular weight excluding hydrogens is 428 g/mol. The number of hydrogen-bond donors (Lipinski definition) is 1. The van der Waals surface area contributed by atoms with Crippen molar-refractivity contribution in [2.75, 3.05) is 18.4 Å². The number of oxazole rings is 1. The van der Waals surface area contributed by atoms with E-state index in [1.165, 1.54) is 22.8 Å². The van der Waals surface area contributed by atoms with E-state index in [1.54, 1.807) is 4.90 Å². The first kappa shape index (κ1) is 22.3. The van der Waals surface area contributed by atoms with Crippen LogP contribution in [0.4, 0.5) is 11.4 Å². The van der Waals surface area contributed by atoms with Crippen LogP contribution in [0.2, 0.25) is 0 Å². The second kappa shape index (κ2) is 9.68. The Kier molecular flexibility index (Phi) is 6.53. The number of non-ortho nitro benzene ring substituents is 1. The normalized spacial score (nSPS) is 16.0. The summed E-state index contributed by atoms with van der Waals surface area (Å²) in [6.07, 6.45) is 2.11. The molecule has 4 rings (SSSR count). The fraction of sp³-hybridized carbons (Fsp3) is 0.348. The number of nitro benzene ring substituents is 1. The van der Waals surface area contributed by atoms with Gasteiger partial charge in [0.15, 0.2) is 5.58 Å². The van der Waals surface area contributed by atoms with Crippen molar-refractivity contribution >= 4 is 34.3 Å². The van der Waals surface area contributed by atoms with Crippen molar-refractivity contribution in [3.8, 4) is 0 Å². The second-order valence-electron chi connectivity index (χ2n) is 8.07. The first-order chi connectivity index (χ1) is 15.9.